The summed E-state index contributed by atoms with van der Waals surface area (Å²) in [5.41, 5.74) is 1.69. The van der Waals surface area contributed by atoms with E-state index in [2.05, 4.69) is 5.32 Å². The van der Waals surface area contributed by atoms with Crippen LogP contribution in [-0.2, 0) is 4.79 Å². The van der Waals surface area contributed by atoms with E-state index in [9.17, 15) is 4.79 Å². The molecule has 1 aromatic carbocycles. The number of anilines is 1. The molecular weight excluding hydrogens is 264 g/mol. The zero-order chi connectivity index (χ0) is 13.8. The number of hydrogen-bond donors (Lipinski definition) is 2. The van der Waals surface area contributed by atoms with Gasteiger partial charge in [-0.3, -0.25) is 9.69 Å². The summed E-state index contributed by atoms with van der Waals surface area (Å²) in [6, 6.07) is 5.99. The van der Waals surface area contributed by atoms with E-state index in [0.29, 0.717) is 29.8 Å². The minimum absolute atomic E-state index is 0.0784. The Kier molecular flexibility index (Phi) is 4.80. The number of aliphatic hydroxyl groups is 1. The number of amides is 1. The molecule has 104 valence electrons. The van der Waals surface area contributed by atoms with Crippen molar-refractivity contribution in [2.24, 2.45) is 0 Å². The summed E-state index contributed by atoms with van der Waals surface area (Å²) in [7, 11) is 0. The summed E-state index contributed by atoms with van der Waals surface area (Å²) in [6.45, 7) is 2.87. The fourth-order valence-electron chi connectivity index (χ4n) is 2.05. The van der Waals surface area contributed by atoms with Gasteiger partial charge < -0.3 is 10.4 Å². The van der Waals surface area contributed by atoms with E-state index in [1.165, 1.54) is 0 Å². The number of halogens is 1. The number of benzene rings is 1. The first-order chi connectivity index (χ1) is 9.10. The van der Waals surface area contributed by atoms with Gasteiger partial charge in [0.15, 0.2) is 0 Å². The molecule has 0 aliphatic heterocycles. The van der Waals surface area contributed by atoms with Crippen LogP contribution in [-0.4, -0.2) is 41.7 Å². The molecule has 0 radical (unpaired) electrons. The maximum absolute atomic E-state index is 12.0. The molecule has 1 fully saturated rings. The summed E-state index contributed by atoms with van der Waals surface area (Å²) in [4.78, 5) is 14.0. The van der Waals surface area contributed by atoms with E-state index in [0.717, 1.165) is 18.4 Å². The van der Waals surface area contributed by atoms with Gasteiger partial charge in [0.1, 0.15) is 0 Å². The van der Waals surface area contributed by atoms with Crippen molar-refractivity contribution in [3.8, 4) is 0 Å². The fraction of sp³-hybridized carbons (Fsp3) is 0.500. The second kappa shape index (κ2) is 6.37. The SMILES string of the molecule is Cc1ccc(NC(=O)CN(CCO)C2CC2)c(Cl)c1. The lowest BCUT2D eigenvalue weighted by atomic mass is 10.2. The second-order valence-electron chi connectivity index (χ2n) is 4.96. The quantitative estimate of drug-likeness (QED) is 0.840. The molecule has 0 bridgehead atoms. The van der Waals surface area contributed by atoms with Gasteiger partial charge in [0.25, 0.3) is 0 Å². The smallest absolute Gasteiger partial charge is 0.238 e. The van der Waals surface area contributed by atoms with Crippen molar-refractivity contribution < 1.29 is 9.90 Å². The molecule has 19 heavy (non-hydrogen) atoms. The highest BCUT2D eigenvalue weighted by atomic mass is 35.5. The zero-order valence-electron chi connectivity index (χ0n) is 11.0. The molecule has 1 saturated carbocycles. The largest absolute Gasteiger partial charge is 0.395 e. The van der Waals surface area contributed by atoms with Crippen molar-refractivity contribution >= 4 is 23.2 Å². The summed E-state index contributed by atoms with van der Waals surface area (Å²) >= 11 is 6.08. The first-order valence-corrected chi connectivity index (χ1v) is 6.89. The van der Waals surface area contributed by atoms with Crippen molar-refractivity contribution in [3.63, 3.8) is 0 Å². The first-order valence-electron chi connectivity index (χ1n) is 6.51. The van der Waals surface area contributed by atoms with E-state index < -0.39 is 0 Å². The molecule has 4 nitrogen and oxygen atoms in total. The van der Waals surface area contributed by atoms with Gasteiger partial charge in [0.2, 0.25) is 5.91 Å². The third-order valence-corrected chi connectivity index (χ3v) is 3.51. The number of nitrogens with one attached hydrogen (secondary N) is 1. The topological polar surface area (TPSA) is 52.6 Å². The van der Waals surface area contributed by atoms with Gasteiger partial charge in [-0.1, -0.05) is 17.7 Å². The van der Waals surface area contributed by atoms with Crippen molar-refractivity contribution in [2.75, 3.05) is 25.0 Å². The molecule has 2 rings (SSSR count). The molecule has 0 aromatic heterocycles. The van der Waals surface area contributed by atoms with Crippen LogP contribution in [0.4, 0.5) is 5.69 Å². The summed E-state index contributed by atoms with van der Waals surface area (Å²) in [5, 5.41) is 12.4. The lowest BCUT2D eigenvalue weighted by molar-refractivity contribution is -0.117. The normalized spacial score (nSPS) is 14.7. The number of rotatable bonds is 6. The Morgan fingerprint density at radius 1 is 1.53 bits per heavy atom. The minimum Gasteiger partial charge on any atom is -0.395 e. The number of carbonyl (C=O) groups is 1. The Bertz CT molecular complexity index is 461. The zero-order valence-corrected chi connectivity index (χ0v) is 11.8. The van der Waals surface area contributed by atoms with E-state index in [-0.39, 0.29) is 12.5 Å². The summed E-state index contributed by atoms with van der Waals surface area (Å²) in [5.74, 6) is -0.0916. The minimum atomic E-state index is -0.0916. The molecule has 0 unspecified atom stereocenters. The van der Waals surface area contributed by atoms with Crippen molar-refractivity contribution in [1.82, 2.24) is 4.90 Å². The molecule has 5 heteroatoms. The van der Waals surface area contributed by atoms with Gasteiger partial charge >= 0.3 is 0 Å². The summed E-state index contributed by atoms with van der Waals surface area (Å²) < 4.78 is 0. The monoisotopic (exact) mass is 282 g/mol. The van der Waals surface area contributed by atoms with Gasteiger partial charge in [-0.2, -0.15) is 0 Å². The van der Waals surface area contributed by atoms with E-state index >= 15 is 0 Å². The second-order valence-corrected chi connectivity index (χ2v) is 5.36. The highest BCUT2D eigenvalue weighted by Gasteiger charge is 2.29. The third kappa shape index (κ3) is 4.20. The van der Waals surface area contributed by atoms with Crippen LogP contribution in [0.1, 0.15) is 18.4 Å². The Morgan fingerprint density at radius 3 is 2.84 bits per heavy atom. The van der Waals surface area contributed by atoms with E-state index in [1.54, 1.807) is 0 Å². The highest BCUT2D eigenvalue weighted by molar-refractivity contribution is 6.33. The molecule has 1 aromatic rings. The number of carbonyl (C=O) groups excluding carboxylic acids is 1. The maximum atomic E-state index is 12.0. The number of nitrogens with zero attached hydrogens (tertiary/aromatic N) is 1. The van der Waals surface area contributed by atoms with Crippen LogP contribution in [0.5, 0.6) is 0 Å². The van der Waals surface area contributed by atoms with Gasteiger partial charge in [-0.25, -0.2) is 0 Å². The lowest BCUT2D eigenvalue weighted by Crippen LogP contribution is -2.36. The molecule has 0 spiro atoms. The fourth-order valence-corrected chi connectivity index (χ4v) is 2.34. The van der Waals surface area contributed by atoms with Crippen molar-refractivity contribution in [2.45, 2.75) is 25.8 Å². The average Bonchev–Trinajstić information content (AvgIpc) is 3.16. The average molecular weight is 283 g/mol. The van der Waals surface area contributed by atoms with E-state index in [1.807, 2.05) is 30.0 Å². The van der Waals surface area contributed by atoms with Crippen LogP contribution >= 0.6 is 11.6 Å². The van der Waals surface area contributed by atoms with Crippen LogP contribution < -0.4 is 5.32 Å². The molecular formula is C14H19ClN2O2. The van der Waals surface area contributed by atoms with Crippen molar-refractivity contribution in [3.05, 3.63) is 28.8 Å². The van der Waals surface area contributed by atoms with Crippen molar-refractivity contribution in [1.29, 1.82) is 0 Å². The van der Waals surface area contributed by atoms with Gasteiger partial charge in [-0.15, -0.1) is 0 Å². The van der Waals surface area contributed by atoms with Crippen LogP contribution in [0.3, 0.4) is 0 Å². The Balaban J connectivity index is 1.92. The summed E-state index contributed by atoms with van der Waals surface area (Å²) in [6.07, 6.45) is 2.22. The van der Waals surface area contributed by atoms with Gasteiger partial charge in [0, 0.05) is 12.6 Å². The predicted molar refractivity (Wildman–Crippen MR) is 76.5 cm³/mol. The first kappa shape index (κ1) is 14.3. The predicted octanol–water partition coefficient (Wildman–Crippen LogP) is 2.04. The van der Waals surface area contributed by atoms with Crippen LogP contribution in [0, 0.1) is 6.92 Å². The van der Waals surface area contributed by atoms with Gasteiger partial charge in [-0.05, 0) is 37.5 Å². The molecule has 1 aliphatic carbocycles. The van der Waals surface area contributed by atoms with Crippen LogP contribution in [0.15, 0.2) is 18.2 Å². The molecule has 0 atom stereocenters. The number of hydrogen-bond acceptors (Lipinski definition) is 3. The number of aryl methyl sites for hydroxylation is 1. The third-order valence-electron chi connectivity index (χ3n) is 3.20. The highest BCUT2D eigenvalue weighted by Crippen LogP contribution is 2.27. The lowest BCUT2D eigenvalue weighted by Gasteiger charge is -2.20. The van der Waals surface area contributed by atoms with E-state index in [4.69, 9.17) is 16.7 Å². The van der Waals surface area contributed by atoms with Crippen LogP contribution in [0.25, 0.3) is 0 Å². The molecule has 1 amide bonds. The Hall–Kier alpha value is -1.10. The maximum Gasteiger partial charge on any atom is 0.238 e. The molecule has 2 N–H and O–H groups in total. The van der Waals surface area contributed by atoms with Gasteiger partial charge in [0.05, 0.1) is 23.9 Å². The van der Waals surface area contributed by atoms with Crippen LogP contribution in [0.2, 0.25) is 5.02 Å². The standard InChI is InChI=1S/C14H19ClN2O2/c1-10-2-5-13(12(15)8-10)16-14(19)9-17(6-7-18)11-3-4-11/h2,5,8,11,18H,3-4,6-7,9H2,1H3,(H,16,19). The Morgan fingerprint density at radius 2 is 2.26 bits per heavy atom. The molecule has 1 aliphatic rings. The number of aliphatic hydroxyl groups excluding tert-OH is 1. The molecule has 0 saturated heterocycles. The molecule has 0 heterocycles. The Labute approximate surface area is 118 Å².